The van der Waals surface area contributed by atoms with Crippen LogP contribution in [-0.2, 0) is 0 Å². The van der Waals surface area contributed by atoms with Gasteiger partial charge in [-0.1, -0.05) is 0 Å². The van der Waals surface area contributed by atoms with Crippen molar-refractivity contribution in [1.29, 1.82) is 0 Å². The van der Waals surface area contributed by atoms with Crippen molar-refractivity contribution in [3.8, 4) is 11.5 Å². The van der Waals surface area contributed by atoms with E-state index in [1.54, 1.807) is 7.11 Å². The third-order valence-electron chi connectivity index (χ3n) is 2.72. The lowest BCUT2D eigenvalue weighted by Gasteiger charge is -2.26. The Hall–Kier alpha value is -1.18. The van der Waals surface area contributed by atoms with E-state index in [4.69, 9.17) is 9.47 Å². The number of benzene rings is 1. The molecule has 1 aliphatic carbocycles. The summed E-state index contributed by atoms with van der Waals surface area (Å²) in [6, 6.07) is 5.98. The lowest BCUT2D eigenvalue weighted by molar-refractivity contribution is 0.120. The van der Waals surface area contributed by atoms with Crippen molar-refractivity contribution in [2.75, 3.05) is 7.11 Å². The van der Waals surface area contributed by atoms with Crippen LogP contribution in [0.25, 0.3) is 0 Å². The molecule has 0 atom stereocenters. The van der Waals surface area contributed by atoms with Crippen LogP contribution in [0.15, 0.2) is 18.2 Å². The average Bonchev–Trinajstić information content (AvgIpc) is 2.12. The second kappa shape index (κ2) is 3.91. The van der Waals surface area contributed by atoms with Crippen LogP contribution in [0.4, 0.5) is 0 Å². The minimum Gasteiger partial charge on any atom is -0.496 e. The molecule has 0 N–H and O–H groups in total. The average molecular weight is 192 g/mol. The molecule has 0 unspecified atom stereocenters. The van der Waals surface area contributed by atoms with Gasteiger partial charge in [-0.25, -0.2) is 0 Å². The van der Waals surface area contributed by atoms with E-state index in [0.29, 0.717) is 6.10 Å². The van der Waals surface area contributed by atoms with E-state index in [-0.39, 0.29) is 0 Å². The molecule has 0 spiro atoms. The van der Waals surface area contributed by atoms with Crippen LogP contribution in [0.2, 0.25) is 0 Å². The van der Waals surface area contributed by atoms with Crippen LogP contribution < -0.4 is 9.47 Å². The predicted octanol–water partition coefficient (Wildman–Crippen LogP) is 2.93. The molecule has 1 aliphatic rings. The van der Waals surface area contributed by atoms with Gasteiger partial charge in [0.15, 0.2) is 0 Å². The monoisotopic (exact) mass is 192 g/mol. The van der Waals surface area contributed by atoms with Gasteiger partial charge >= 0.3 is 0 Å². The van der Waals surface area contributed by atoms with Gasteiger partial charge in [-0.05, 0) is 49.9 Å². The molecule has 2 nitrogen and oxygen atoms in total. The minimum atomic E-state index is 0.447. The normalized spacial score (nSPS) is 16.1. The number of ether oxygens (including phenoxy) is 2. The molecule has 14 heavy (non-hydrogen) atoms. The Balaban J connectivity index is 2.07. The molecular weight excluding hydrogens is 176 g/mol. The van der Waals surface area contributed by atoms with Crippen molar-refractivity contribution in [3.05, 3.63) is 23.8 Å². The Morgan fingerprint density at radius 1 is 1.29 bits per heavy atom. The summed E-state index contributed by atoms with van der Waals surface area (Å²) in [5, 5.41) is 0. The highest BCUT2D eigenvalue weighted by molar-refractivity contribution is 5.39. The highest BCUT2D eigenvalue weighted by Gasteiger charge is 2.19. The minimum absolute atomic E-state index is 0.447. The van der Waals surface area contributed by atoms with E-state index in [1.807, 2.05) is 25.1 Å². The maximum atomic E-state index is 5.78. The van der Waals surface area contributed by atoms with E-state index in [2.05, 4.69) is 0 Å². The number of aryl methyl sites for hydroxylation is 1. The van der Waals surface area contributed by atoms with Gasteiger partial charge in [-0.2, -0.15) is 0 Å². The molecule has 0 amide bonds. The summed E-state index contributed by atoms with van der Waals surface area (Å²) in [6.07, 6.45) is 4.15. The molecule has 2 heteroatoms. The van der Waals surface area contributed by atoms with Gasteiger partial charge in [0, 0.05) is 0 Å². The Bertz CT molecular complexity index is 316. The third-order valence-corrected chi connectivity index (χ3v) is 2.72. The Morgan fingerprint density at radius 3 is 2.57 bits per heavy atom. The summed E-state index contributed by atoms with van der Waals surface area (Å²) >= 11 is 0. The van der Waals surface area contributed by atoms with E-state index in [9.17, 15) is 0 Å². The highest BCUT2D eigenvalue weighted by atomic mass is 16.5. The highest BCUT2D eigenvalue weighted by Crippen LogP contribution is 2.28. The Labute approximate surface area is 84.8 Å². The van der Waals surface area contributed by atoms with Gasteiger partial charge in [0.05, 0.1) is 13.2 Å². The first-order valence-electron chi connectivity index (χ1n) is 5.11. The second-order valence-corrected chi connectivity index (χ2v) is 3.80. The van der Waals surface area contributed by atoms with Crippen LogP contribution in [0.3, 0.4) is 0 Å². The van der Waals surface area contributed by atoms with Gasteiger partial charge in [0.2, 0.25) is 0 Å². The quantitative estimate of drug-likeness (QED) is 0.733. The SMILES string of the molecule is COc1ccc(OC2CCC2)cc1C. The summed E-state index contributed by atoms with van der Waals surface area (Å²) in [7, 11) is 1.69. The van der Waals surface area contributed by atoms with Crippen molar-refractivity contribution >= 4 is 0 Å². The molecule has 1 aromatic carbocycles. The maximum Gasteiger partial charge on any atom is 0.122 e. The second-order valence-electron chi connectivity index (χ2n) is 3.80. The number of hydrogen-bond acceptors (Lipinski definition) is 2. The predicted molar refractivity (Wildman–Crippen MR) is 56.0 cm³/mol. The lowest BCUT2D eigenvalue weighted by atomic mass is 9.96. The van der Waals surface area contributed by atoms with Gasteiger partial charge in [-0.3, -0.25) is 0 Å². The first-order valence-corrected chi connectivity index (χ1v) is 5.11. The van der Waals surface area contributed by atoms with E-state index in [0.717, 1.165) is 17.1 Å². The molecule has 1 aromatic rings. The van der Waals surface area contributed by atoms with Crippen LogP contribution in [0, 0.1) is 6.92 Å². The first kappa shape index (κ1) is 9.38. The molecular formula is C12H16O2. The van der Waals surface area contributed by atoms with E-state index in [1.165, 1.54) is 19.3 Å². The Morgan fingerprint density at radius 2 is 2.07 bits per heavy atom. The van der Waals surface area contributed by atoms with Crippen LogP contribution in [-0.4, -0.2) is 13.2 Å². The first-order chi connectivity index (χ1) is 6.79. The van der Waals surface area contributed by atoms with Gasteiger partial charge in [0.1, 0.15) is 11.5 Å². The molecule has 1 fully saturated rings. The number of hydrogen-bond donors (Lipinski definition) is 0. The largest absolute Gasteiger partial charge is 0.496 e. The fourth-order valence-electron chi connectivity index (χ4n) is 1.61. The molecule has 0 aromatic heterocycles. The van der Waals surface area contributed by atoms with Gasteiger partial charge < -0.3 is 9.47 Å². The summed E-state index contributed by atoms with van der Waals surface area (Å²) in [5.74, 6) is 1.89. The van der Waals surface area contributed by atoms with Crippen molar-refractivity contribution in [2.45, 2.75) is 32.3 Å². The standard InChI is InChI=1S/C12H16O2/c1-9-8-11(6-7-12(9)13-2)14-10-4-3-5-10/h6-8,10H,3-5H2,1-2H3. The summed E-state index contributed by atoms with van der Waals surface area (Å²) in [4.78, 5) is 0. The Kier molecular flexibility index (Phi) is 2.62. The molecule has 0 radical (unpaired) electrons. The topological polar surface area (TPSA) is 18.5 Å². The molecule has 1 saturated carbocycles. The molecule has 0 saturated heterocycles. The van der Waals surface area contributed by atoms with Crippen LogP contribution >= 0.6 is 0 Å². The number of methoxy groups -OCH3 is 1. The van der Waals surface area contributed by atoms with Crippen molar-refractivity contribution in [3.63, 3.8) is 0 Å². The van der Waals surface area contributed by atoms with Crippen LogP contribution in [0.5, 0.6) is 11.5 Å². The maximum absolute atomic E-state index is 5.78. The molecule has 0 bridgehead atoms. The number of rotatable bonds is 3. The molecule has 0 heterocycles. The van der Waals surface area contributed by atoms with Gasteiger partial charge in [-0.15, -0.1) is 0 Å². The molecule has 76 valence electrons. The fraction of sp³-hybridized carbons (Fsp3) is 0.500. The molecule has 0 aliphatic heterocycles. The smallest absolute Gasteiger partial charge is 0.122 e. The van der Waals surface area contributed by atoms with Crippen molar-refractivity contribution in [2.24, 2.45) is 0 Å². The summed E-state index contributed by atoms with van der Waals surface area (Å²) in [5.41, 5.74) is 1.13. The summed E-state index contributed by atoms with van der Waals surface area (Å²) in [6.45, 7) is 2.03. The van der Waals surface area contributed by atoms with E-state index >= 15 is 0 Å². The zero-order valence-electron chi connectivity index (χ0n) is 8.75. The third kappa shape index (κ3) is 1.84. The van der Waals surface area contributed by atoms with Crippen LogP contribution in [0.1, 0.15) is 24.8 Å². The zero-order valence-corrected chi connectivity index (χ0v) is 8.75. The summed E-state index contributed by atoms with van der Waals surface area (Å²) < 4.78 is 11.0. The zero-order chi connectivity index (χ0) is 9.97. The van der Waals surface area contributed by atoms with Gasteiger partial charge in [0.25, 0.3) is 0 Å². The fourth-order valence-corrected chi connectivity index (χ4v) is 1.61. The van der Waals surface area contributed by atoms with Crippen molar-refractivity contribution in [1.82, 2.24) is 0 Å². The van der Waals surface area contributed by atoms with Crippen molar-refractivity contribution < 1.29 is 9.47 Å². The van der Waals surface area contributed by atoms with E-state index < -0.39 is 0 Å². The molecule has 2 rings (SSSR count). The lowest BCUT2D eigenvalue weighted by Crippen LogP contribution is -2.24.